The van der Waals surface area contributed by atoms with E-state index in [1.807, 2.05) is 0 Å². The molecular formula is C13H14F2O2. The van der Waals surface area contributed by atoms with E-state index in [1.165, 1.54) is 6.07 Å². The second-order valence-corrected chi connectivity index (χ2v) is 3.58. The highest BCUT2D eigenvalue weighted by Gasteiger charge is 2.17. The molecule has 17 heavy (non-hydrogen) atoms. The van der Waals surface area contributed by atoms with Gasteiger partial charge in [-0.3, -0.25) is 4.79 Å². The van der Waals surface area contributed by atoms with Gasteiger partial charge in [0.2, 0.25) is 0 Å². The lowest BCUT2D eigenvalue weighted by atomic mass is 10.1. The smallest absolute Gasteiger partial charge is 0.191 e. The largest absolute Gasteiger partial charge is 0.370 e. The third-order valence-electron chi connectivity index (χ3n) is 2.26. The highest BCUT2D eigenvalue weighted by atomic mass is 19.2. The van der Waals surface area contributed by atoms with Gasteiger partial charge in [-0.2, -0.15) is 0 Å². The summed E-state index contributed by atoms with van der Waals surface area (Å²) in [5, 5.41) is 0. The van der Waals surface area contributed by atoms with Gasteiger partial charge in [-0.1, -0.05) is 6.08 Å². The van der Waals surface area contributed by atoms with Crippen LogP contribution in [0.3, 0.4) is 0 Å². The Morgan fingerprint density at radius 2 is 2.18 bits per heavy atom. The van der Waals surface area contributed by atoms with Crippen molar-refractivity contribution in [1.82, 2.24) is 0 Å². The second-order valence-electron chi connectivity index (χ2n) is 3.58. The van der Waals surface area contributed by atoms with Gasteiger partial charge in [-0.15, -0.1) is 6.58 Å². The molecule has 0 aliphatic rings. The first-order valence-electron chi connectivity index (χ1n) is 5.28. The molecule has 1 atom stereocenters. The summed E-state index contributed by atoms with van der Waals surface area (Å²) in [5.41, 5.74) is 0.106. The normalized spacial score (nSPS) is 12.2. The van der Waals surface area contributed by atoms with Gasteiger partial charge in [-0.25, -0.2) is 8.78 Å². The van der Waals surface area contributed by atoms with Crippen LogP contribution in [-0.2, 0) is 4.74 Å². The van der Waals surface area contributed by atoms with Crippen molar-refractivity contribution < 1.29 is 18.3 Å². The van der Waals surface area contributed by atoms with Crippen molar-refractivity contribution in [2.24, 2.45) is 0 Å². The fraction of sp³-hybridized carbons (Fsp3) is 0.308. The molecule has 0 bridgehead atoms. The van der Waals surface area contributed by atoms with Crippen molar-refractivity contribution in [2.45, 2.75) is 19.4 Å². The fourth-order valence-corrected chi connectivity index (χ4v) is 1.29. The molecule has 0 N–H and O–H groups in total. The maximum atomic E-state index is 12.9. The summed E-state index contributed by atoms with van der Waals surface area (Å²) < 4.78 is 30.8. The number of ether oxygens (including phenoxy) is 1. The molecule has 0 aliphatic heterocycles. The van der Waals surface area contributed by atoms with Crippen LogP contribution in [0.25, 0.3) is 0 Å². The molecule has 1 unspecified atom stereocenters. The lowest BCUT2D eigenvalue weighted by molar-refractivity contribution is 0.0492. The van der Waals surface area contributed by atoms with Crippen LogP contribution in [0.15, 0.2) is 30.9 Å². The number of Topliss-reactive ketones (excluding diaryl/α,β-unsaturated/α-hetero) is 1. The number of benzene rings is 1. The van der Waals surface area contributed by atoms with Gasteiger partial charge in [0.1, 0.15) is 6.10 Å². The average Bonchev–Trinajstić information content (AvgIpc) is 2.32. The van der Waals surface area contributed by atoms with Crippen LogP contribution in [0.1, 0.15) is 23.7 Å². The van der Waals surface area contributed by atoms with E-state index >= 15 is 0 Å². The maximum absolute atomic E-state index is 12.9. The Hall–Kier alpha value is -1.55. The SMILES string of the molecule is C=CCCOC(C)C(=O)c1ccc(F)c(F)c1. The quantitative estimate of drug-likeness (QED) is 0.434. The summed E-state index contributed by atoms with van der Waals surface area (Å²) in [7, 11) is 0. The molecule has 0 saturated heterocycles. The van der Waals surface area contributed by atoms with Crippen LogP contribution >= 0.6 is 0 Å². The monoisotopic (exact) mass is 240 g/mol. The van der Waals surface area contributed by atoms with Crippen LogP contribution in [0.2, 0.25) is 0 Å². The van der Waals surface area contributed by atoms with E-state index in [0.29, 0.717) is 13.0 Å². The van der Waals surface area contributed by atoms with Crippen LogP contribution < -0.4 is 0 Å². The van der Waals surface area contributed by atoms with Gasteiger partial charge in [-0.05, 0) is 31.5 Å². The molecule has 1 rings (SSSR count). The molecule has 0 fully saturated rings. The van der Waals surface area contributed by atoms with Crippen LogP contribution in [0.4, 0.5) is 8.78 Å². The Morgan fingerprint density at radius 3 is 2.76 bits per heavy atom. The third-order valence-corrected chi connectivity index (χ3v) is 2.26. The average molecular weight is 240 g/mol. The van der Waals surface area contributed by atoms with E-state index in [-0.39, 0.29) is 11.3 Å². The molecule has 0 amide bonds. The number of hydrogen-bond donors (Lipinski definition) is 0. The van der Waals surface area contributed by atoms with Gasteiger partial charge in [0.25, 0.3) is 0 Å². The second kappa shape index (κ2) is 6.25. The van der Waals surface area contributed by atoms with Crippen molar-refractivity contribution in [3.8, 4) is 0 Å². The van der Waals surface area contributed by atoms with Crippen molar-refractivity contribution >= 4 is 5.78 Å². The van der Waals surface area contributed by atoms with Gasteiger partial charge in [0, 0.05) is 5.56 Å². The van der Waals surface area contributed by atoms with E-state index in [4.69, 9.17) is 4.74 Å². The molecule has 0 heterocycles. The Morgan fingerprint density at radius 1 is 1.47 bits per heavy atom. The lowest BCUT2D eigenvalue weighted by Gasteiger charge is -2.11. The van der Waals surface area contributed by atoms with Crippen LogP contribution in [-0.4, -0.2) is 18.5 Å². The topological polar surface area (TPSA) is 26.3 Å². The minimum atomic E-state index is -1.03. The fourth-order valence-electron chi connectivity index (χ4n) is 1.29. The zero-order chi connectivity index (χ0) is 12.8. The predicted molar refractivity (Wildman–Crippen MR) is 60.9 cm³/mol. The van der Waals surface area contributed by atoms with Crippen molar-refractivity contribution in [3.63, 3.8) is 0 Å². The Kier molecular flexibility index (Phi) is 4.97. The zero-order valence-corrected chi connectivity index (χ0v) is 9.58. The van der Waals surface area contributed by atoms with Crippen LogP contribution in [0, 0.1) is 11.6 Å². The van der Waals surface area contributed by atoms with Gasteiger partial charge < -0.3 is 4.74 Å². The number of carbonyl (C=O) groups is 1. The Balaban J connectivity index is 2.68. The summed E-state index contributed by atoms with van der Waals surface area (Å²) in [5.74, 6) is -2.37. The number of rotatable bonds is 6. The van der Waals surface area contributed by atoms with Gasteiger partial charge in [0.05, 0.1) is 6.61 Å². The molecule has 0 spiro atoms. The van der Waals surface area contributed by atoms with E-state index in [2.05, 4.69) is 6.58 Å². The summed E-state index contributed by atoms with van der Waals surface area (Å²) in [6.07, 6.45) is 1.63. The standard InChI is InChI=1S/C13H14F2O2/c1-3-4-7-17-9(2)13(16)10-5-6-11(14)12(15)8-10/h3,5-6,8-9H,1,4,7H2,2H3. The first-order valence-corrected chi connectivity index (χ1v) is 5.28. The molecule has 4 heteroatoms. The minimum absolute atomic E-state index is 0.106. The summed E-state index contributed by atoms with van der Waals surface area (Å²) in [4.78, 5) is 11.8. The van der Waals surface area contributed by atoms with Crippen molar-refractivity contribution in [3.05, 3.63) is 48.1 Å². The summed E-state index contributed by atoms with van der Waals surface area (Å²) in [6.45, 7) is 5.48. The number of hydrogen-bond acceptors (Lipinski definition) is 2. The highest BCUT2D eigenvalue weighted by molar-refractivity contribution is 5.99. The molecule has 92 valence electrons. The van der Waals surface area contributed by atoms with Crippen molar-refractivity contribution in [1.29, 1.82) is 0 Å². The minimum Gasteiger partial charge on any atom is -0.370 e. The van der Waals surface area contributed by atoms with E-state index < -0.39 is 17.7 Å². The van der Waals surface area contributed by atoms with E-state index in [9.17, 15) is 13.6 Å². The van der Waals surface area contributed by atoms with Crippen molar-refractivity contribution in [2.75, 3.05) is 6.61 Å². The van der Waals surface area contributed by atoms with Gasteiger partial charge in [0.15, 0.2) is 17.4 Å². The molecule has 0 aromatic heterocycles. The molecule has 2 nitrogen and oxygen atoms in total. The first kappa shape index (κ1) is 13.5. The molecule has 0 aliphatic carbocycles. The Bertz CT molecular complexity index is 416. The maximum Gasteiger partial charge on any atom is 0.191 e. The first-order chi connectivity index (χ1) is 8.06. The number of halogens is 2. The van der Waals surface area contributed by atoms with Crippen LogP contribution in [0.5, 0.6) is 0 Å². The number of carbonyl (C=O) groups excluding carboxylic acids is 1. The highest BCUT2D eigenvalue weighted by Crippen LogP contribution is 2.12. The summed E-state index contributed by atoms with van der Waals surface area (Å²) >= 11 is 0. The zero-order valence-electron chi connectivity index (χ0n) is 9.58. The summed E-state index contributed by atoms with van der Waals surface area (Å²) in [6, 6.07) is 3.05. The number of ketones is 1. The third kappa shape index (κ3) is 3.75. The molecular weight excluding hydrogens is 226 g/mol. The Labute approximate surface area is 98.9 Å². The molecule has 1 aromatic carbocycles. The van der Waals surface area contributed by atoms with E-state index in [0.717, 1.165) is 12.1 Å². The lowest BCUT2D eigenvalue weighted by Crippen LogP contribution is -2.21. The molecule has 0 radical (unpaired) electrons. The van der Waals surface area contributed by atoms with E-state index in [1.54, 1.807) is 13.0 Å². The van der Waals surface area contributed by atoms with Gasteiger partial charge >= 0.3 is 0 Å². The molecule has 0 saturated carbocycles. The molecule has 1 aromatic rings. The predicted octanol–water partition coefficient (Wildman–Crippen LogP) is 3.13.